The maximum Gasteiger partial charge on any atom is 0.325 e. The molecule has 0 fully saturated rings. The van der Waals surface area contributed by atoms with E-state index >= 15 is 0 Å². The third-order valence-corrected chi connectivity index (χ3v) is 3.93. The van der Waals surface area contributed by atoms with Crippen molar-refractivity contribution in [3.63, 3.8) is 0 Å². The fraction of sp³-hybridized carbons (Fsp3) is 0.312. The SMILES string of the molecule is CC1=C(C)CN(C(=O)Nc2nnc(-c3ccc(F)cc3)o2)CC1. The lowest BCUT2D eigenvalue weighted by molar-refractivity contribution is 0.213. The second-order valence-corrected chi connectivity index (χ2v) is 5.58. The van der Waals surface area contributed by atoms with Crippen molar-refractivity contribution in [2.45, 2.75) is 20.3 Å². The number of aromatic nitrogens is 2. The molecular formula is C16H17FN4O2. The Kier molecular flexibility index (Phi) is 4.10. The van der Waals surface area contributed by atoms with E-state index in [2.05, 4.69) is 22.4 Å². The van der Waals surface area contributed by atoms with Crippen molar-refractivity contribution in [2.24, 2.45) is 0 Å². The first-order valence-electron chi connectivity index (χ1n) is 7.33. The highest BCUT2D eigenvalue weighted by Crippen LogP contribution is 2.21. The molecule has 1 aromatic heterocycles. The molecule has 2 heterocycles. The van der Waals surface area contributed by atoms with Gasteiger partial charge < -0.3 is 9.32 Å². The van der Waals surface area contributed by atoms with Crippen LogP contribution >= 0.6 is 0 Å². The van der Waals surface area contributed by atoms with E-state index in [1.807, 2.05) is 6.92 Å². The summed E-state index contributed by atoms with van der Waals surface area (Å²) in [6.07, 6.45) is 0.865. The van der Waals surface area contributed by atoms with Crippen molar-refractivity contribution >= 4 is 12.0 Å². The van der Waals surface area contributed by atoms with Gasteiger partial charge in [0, 0.05) is 18.7 Å². The minimum Gasteiger partial charge on any atom is -0.403 e. The van der Waals surface area contributed by atoms with E-state index in [0.717, 1.165) is 6.42 Å². The zero-order valence-electron chi connectivity index (χ0n) is 13.0. The number of nitrogens with zero attached hydrogens (tertiary/aromatic N) is 3. The lowest BCUT2D eigenvalue weighted by atomic mass is 10.0. The minimum absolute atomic E-state index is 0.0262. The summed E-state index contributed by atoms with van der Waals surface area (Å²) in [5, 5.41) is 10.3. The van der Waals surface area contributed by atoms with Crippen LogP contribution in [-0.4, -0.2) is 34.2 Å². The molecule has 3 rings (SSSR count). The van der Waals surface area contributed by atoms with Crippen molar-refractivity contribution in [1.82, 2.24) is 15.1 Å². The van der Waals surface area contributed by atoms with Gasteiger partial charge in [-0.05, 0) is 44.5 Å². The Morgan fingerprint density at radius 1 is 1.22 bits per heavy atom. The number of amides is 2. The first-order chi connectivity index (χ1) is 11.0. The number of carbonyl (C=O) groups is 1. The summed E-state index contributed by atoms with van der Waals surface area (Å²) in [6, 6.07) is 5.45. The first-order valence-corrected chi connectivity index (χ1v) is 7.33. The van der Waals surface area contributed by atoms with Crippen LogP contribution in [0.1, 0.15) is 20.3 Å². The van der Waals surface area contributed by atoms with Crippen LogP contribution in [0, 0.1) is 5.82 Å². The van der Waals surface area contributed by atoms with E-state index in [-0.39, 0.29) is 23.8 Å². The van der Waals surface area contributed by atoms with Crippen LogP contribution in [0.5, 0.6) is 0 Å². The van der Waals surface area contributed by atoms with Crippen LogP contribution in [0.15, 0.2) is 39.8 Å². The number of urea groups is 1. The zero-order chi connectivity index (χ0) is 16.4. The summed E-state index contributed by atoms with van der Waals surface area (Å²) in [4.78, 5) is 13.9. The van der Waals surface area contributed by atoms with Gasteiger partial charge in [-0.3, -0.25) is 5.32 Å². The van der Waals surface area contributed by atoms with Gasteiger partial charge in [0.25, 0.3) is 0 Å². The van der Waals surface area contributed by atoms with Gasteiger partial charge >= 0.3 is 12.0 Å². The maximum atomic E-state index is 12.9. The Hall–Kier alpha value is -2.70. The largest absolute Gasteiger partial charge is 0.403 e. The quantitative estimate of drug-likeness (QED) is 0.861. The molecule has 2 aromatic rings. The minimum atomic E-state index is -0.342. The van der Waals surface area contributed by atoms with E-state index in [1.165, 1.54) is 35.4 Å². The average Bonchev–Trinajstić information content (AvgIpc) is 2.99. The van der Waals surface area contributed by atoms with Crippen molar-refractivity contribution in [3.8, 4) is 11.5 Å². The van der Waals surface area contributed by atoms with Gasteiger partial charge in [-0.15, -0.1) is 5.10 Å². The molecule has 120 valence electrons. The Morgan fingerprint density at radius 2 is 1.96 bits per heavy atom. The van der Waals surface area contributed by atoms with E-state index in [0.29, 0.717) is 18.7 Å². The molecule has 2 amide bonds. The number of hydrogen-bond donors (Lipinski definition) is 1. The number of nitrogens with one attached hydrogen (secondary N) is 1. The Balaban J connectivity index is 1.67. The van der Waals surface area contributed by atoms with E-state index in [9.17, 15) is 9.18 Å². The topological polar surface area (TPSA) is 71.3 Å². The number of anilines is 1. The number of hydrogen-bond acceptors (Lipinski definition) is 4. The van der Waals surface area contributed by atoms with E-state index < -0.39 is 0 Å². The number of benzene rings is 1. The molecule has 1 aliphatic rings. The molecule has 0 saturated heterocycles. The maximum absolute atomic E-state index is 12.9. The van der Waals surface area contributed by atoms with Crippen LogP contribution in [0.25, 0.3) is 11.5 Å². The Labute approximate surface area is 133 Å². The summed E-state index contributed by atoms with van der Waals surface area (Å²) in [7, 11) is 0. The molecule has 7 heteroatoms. The molecule has 23 heavy (non-hydrogen) atoms. The van der Waals surface area contributed by atoms with E-state index in [1.54, 1.807) is 4.90 Å². The van der Waals surface area contributed by atoms with Crippen LogP contribution in [-0.2, 0) is 0 Å². The highest BCUT2D eigenvalue weighted by molar-refractivity contribution is 5.87. The lowest BCUT2D eigenvalue weighted by Crippen LogP contribution is -2.39. The van der Waals surface area contributed by atoms with Gasteiger partial charge in [-0.25, -0.2) is 9.18 Å². The fourth-order valence-electron chi connectivity index (χ4n) is 2.34. The summed E-state index contributed by atoms with van der Waals surface area (Å²) in [6.45, 7) is 5.36. The summed E-state index contributed by atoms with van der Waals surface area (Å²) in [5.74, 6) is -0.114. The number of carbonyl (C=O) groups excluding carboxylic acids is 1. The smallest absolute Gasteiger partial charge is 0.325 e. The monoisotopic (exact) mass is 316 g/mol. The van der Waals surface area contributed by atoms with Crippen LogP contribution < -0.4 is 5.32 Å². The number of halogens is 1. The van der Waals surface area contributed by atoms with Crippen molar-refractivity contribution in [3.05, 3.63) is 41.2 Å². The molecule has 0 bridgehead atoms. The molecule has 1 N–H and O–H groups in total. The molecular weight excluding hydrogens is 299 g/mol. The summed E-state index contributed by atoms with van der Waals surface area (Å²) in [5.41, 5.74) is 3.11. The Bertz CT molecular complexity index is 752. The standard InChI is InChI=1S/C16H17FN4O2/c1-10-7-8-21(9-11(10)2)16(22)18-15-20-19-14(23-15)12-3-5-13(17)6-4-12/h3-6H,7-9H2,1-2H3,(H,18,20,22). The zero-order valence-corrected chi connectivity index (χ0v) is 13.0. The van der Waals surface area contributed by atoms with Gasteiger partial charge in [0.05, 0.1) is 0 Å². The summed E-state index contributed by atoms with van der Waals surface area (Å²) < 4.78 is 18.3. The molecule has 0 unspecified atom stereocenters. The van der Waals surface area contributed by atoms with Crippen LogP contribution in [0.2, 0.25) is 0 Å². The third kappa shape index (κ3) is 3.39. The predicted octanol–water partition coefficient (Wildman–Crippen LogP) is 3.45. The molecule has 1 aliphatic heterocycles. The fourth-order valence-corrected chi connectivity index (χ4v) is 2.34. The first kappa shape index (κ1) is 15.2. The van der Waals surface area contributed by atoms with Crippen LogP contribution in [0.4, 0.5) is 15.2 Å². The van der Waals surface area contributed by atoms with Crippen LogP contribution in [0.3, 0.4) is 0 Å². The molecule has 0 saturated carbocycles. The normalized spacial score (nSPS) is 15.0. The molecule has 6 nitrogen and oxygen atoms in total. The molecule has 1 aromatic carbocycles. The Morgan fingerprint density at radius 3 is 2.65 bits per heavy atom. The molecule has 0 radical (unpaired) electrons. The molecule has 0 aliphatic carbocycles. The van der Waals surface area contributed by atoms with Gasteiger partial charge in [-0.2, -0.15) is 0 Å². The van der Waals surface area contributed by atoms with Crippen molar-refractivity contribution in [1.29, 1.82) is 0 Å². The second kappa shape index (κ2) is 6.20. The molecule has 0 atom stereocenters. The van der Waals surface area contributed by atoms with Gasteiger partial charge in [0.15, 0.2) is 0 Å². The molecule has 0 spiro atoms. The highest BCUT2D eigenvalue weighted by atomic mass is 19.1. The predicted molar refractivity (Wildman–Crippen MR) is 83.3 cm³/mol. The van der Waals surface area contributed by atoms with E-state index in [4.69, 9.17) is 4.42 Å². The lowest BCUT2D eigenvalue weighted by Gasteiger charge is -2.28. The van der Waals surface area contributed by atoms with Gasteiger partial charge in [0.1, 0.15) is 5.82 Å². The van der Waals surface area contributed by atoms with Crippen molar-refractivity contribution in [2.75, 3.05) is 18.4 Å². The average molecular weight is 316 g/mol. The van der Waals surface area contributed by atoms with Gasteiger partial charge in [-0.1, -0.05) is 16.2 Å². The second-order valence-electron chi connectivity index (χ2n) is 5.58. The van der Waals surface area contributed by atoms with Gasteiger partial charge in [0.2, 0.25) is 5.89 Å². The highest BCUT2D eigenvalue weighted by Gasteiger charge is 2.21. The third-order valence-electron chi connectivity index (χ3n) is 3.93. The van der Waals surface area contributed by atoms with Crippen molar-refractivity contribution < 1.29 is 13.6 Å². The summed E-state index contributed by atoms with van der Waals surface area (Å²) >= 11 is 0. The number of rotatable bonds is 2.